The van der Waals surface area contributed by atoms with Crippen LogP contribution in [0.1, 0.15) is 0 Å². The van der Waals surface area contributed by atoms with E-state index in [1.165, 1.54) is 0 Å². The Hall–Kier alpha value is -0.330. The molecule has 0 saturated heterocycles. The van der Waals surface area contributed by atoms with Gasteiger partial charge in [-0.05, 0) is 10.8 Å². The average molecular weight is 176 g/mol. The predicted octanol–water partition coefficient (Wildman–Crippen LogP) is -1.78. The Bertz CT molecular complexity index is 95.6. The number of rotatable bonds is 0. The first-order valence-corrected chi connectivity index (χ1v) is 3.68. The van der Waals surface area contributed by atoms with Gasteiger partial charge in [-0.3, -0.25) is 0 Å². The van der Waals surface area contributed by atoms with E-state index < -0.39 is 15.4 Å². The Morgan fingerprint density at radius 3 is 1.18 bits per heavy atom. The highest BCUT2D eigenvalue weighted by molar-refractivity contribution is 7.07. The zero-order chi connectivity index (χ0) is 8.95. The number of hydrogen-bond acceptors (Lipinski definition) is 5. The molecule has 0 amide bonds. The van der Waals surface area contributed by atoms with Gasteiger partial charge in [0.05, 0.1) is 0 Å². The lowest BCUT2D eigenvalue weighted by molar-refractivity contribution is 0.447. The van der Waals surface area contributed by atoms with Crippen molar-refractivity contribution >= 4 is 26.7 Å². The fraction of sp³-hybridized carbons (Fsp3) is 0. The minimum Gasteiger partial charge on any atom is -0.430 e. The van der Waals surface area contributed by atoms with Gasteiger partial charge in [0.25, 0.3) is 0 Å². The maximum atomic E-state index is 7.12. The summed E-state index contributed by atoms with van der Waals surface area (Å²) in [7, 11) is -1.50. The van der Waals surface area contributed by atoms with Crippen LogP contribution in [0.4, 0.5) is 0 Å². The van der Waals surface area contributed by atoms with Crippen LogP contribution in [0.5, 0.6) is 0 Å². The quantitative estimate of drug-likeness (QED) is 0.352. The molecule has 0 unspecified atom stereocenters. The fourth-order valence-electron chi connectivity index (χ4n) is 0.227. The van der Waals surface area contributed by atoms with E-state index >= 15 is 0 Å². The summed E-state index contributed by atoms with van der Waals surface area (Å²) in [6, 6.07) is 4.04. The molecule has 0 bridgehead atoms. The maximum absolute atomic E-state index is 7.12. The SMILES string of the molecule is OBO.OBO.c1ccsc1. The maximum Gasteiger partial charge on any atom is 0.432 e. The van der Waals surface area contributed by atoms with Crippen LogP contribution in [0.25, 0.3) is 0 Å². The third-order valence-corrected chi connectivity index (χ3v) is 1.05. The normalized spacial score (nSPS) is 6.18. The van der Waals surface area contributed by atoms with Gasteiger partial charge < -0.3 is 20.1 Å². The molecule has 0 radical (unpaired) electrons. The van der Waals surface area contributed by atoms with E-state index in [0.29, 0.717) is 0 Å². The van der Waals surface area contributed by atoms with Crippen LogP contribution in [-0.4, -0.2) is 35.5 Å². The van der Waals surface area contributed by atoms with Crippen LogP contribution in [0, 0.1) is 0 Å². The first-order chi connectivity index (χ1) is 5.33. The minimum absolute atomic E-state index is 0.750. The Labute approximate surface area is 70.4 Å². The lowest BCUT2D eigenvalue weighted by atomic mass is 10.5. The van der Waals surface area contributed by atoms with E-state index in [2.05, 4.69) is 0 Å². The molecular formula is C4H10B2O4S. The molecule has 1 aromatic rings. The van der Waals surface area contributed by atoms with Crippen LogP contribution in [0.2, 0.25) is 0 Å². The molecule has 0 spiro atoms. The van der Waals surface area contributed by atoms with Crippen LogP contribution < -0.4 is 0 Å². The van der Waals surface area contributed by atoms with E-state index in [1.807, 2.05) is 22.9 Å². The number of thiophene rings is 1. The fourth-order valence-corrected chi connectivity index (χ4v) is 0.680. The summed E-state index contributed by atoms with van der Waals surface area (Å²) in [6.07, 6.45) is 0. The van der Waals surface area contributed by atoms with Gasteiger partial charge in [-0.2, -0.15) is 11.3 Å². The van der Waals surface area contributed by atoms with Crippen LogP contribution in [0.15, 0.2) is 22.9 Å². The third kappa shape index (κ3) is 26.1. The molecule has 0 aromatic carbocycles. The Kier molecular flexibility index (Phi) is 19.7. The minimum atomic E-state index is -0.750. The summed E-state index contributed by atoms with van der Waals surface area (Å²) in [4.78, 5) is 0. The summed E-state index contributed by atoms with van der Waals surface area (Å²) in [6.45, 7) is 0. The molecule has 0 aliphatic rings. The van der Waals surface area contributed by atoms with Crippen molar-refractivity contribution in [2.75, 3.05) is 0 Å². The van der Waals surface area contributed by atoms with Crippen molar-refractivity contribution in [2.24, 2.45) is 0 Å². The molecule has 0 aliphatic heterocycles. The molecule has 11 heavy (non-hydrogen) atoms. The van der Waals surface area contributed by atoms with E-state index in [4.69, 9.17) is 20.1 Å². The van der Waals surface area contributed by atoms with Crippen molar-refractivity contribution in [1.82, 2.24) is 0 Å². The van der Waals surface area contributed by atoms with Gasteiger partial charge in [0.1, 0.15) is 0 Å². The Balaban J connectivity index is 0. The van der Waals surface area contributed by atoms with Gasteiger partial charge in [-0.1, -0.05) is 12.1 Å². The van der Waals surface area contributed by atoms with Crippen LogP contribution >= 0.6 is 11.3 Å². The van der Waals surface area contributed by atoms with E-state index in [-0.39, 0.29) is 0 Å². The summed E-state index contributed by atoms with van der Waals surface area (Å²) in [5.41, 5.74) is 0. The molecule has 7 heteroatoms. The van der Waals surface area contributed by atoms with Crippen molar-refractivity contribution in [3.05, 3.63) is 22.9 Å². The van der Waals surface area contributed by atoms with Crippen molar-refractivity contribution in [2.45, 2.75) is 0 Å². The second-order valence-corrected chi connectivity index (χ2v) is 1.89. The molecule has 62 valence electrons. The largest absolute Gasteiger partial charge is 0.432 e. The summed E-state index contributed by atoms with van der Waals surface area (Å²) in [5, 5.41) is 32.6. The zero-order valence-electron chi connectivity index (χ0n) is 5.92. The van der Waals surface area contributed by atoms with Gasteiger partial charge in [-0.25, -0.2) is 0 Å². The second-order valence-electron chi connectivity index (χ2n) is 1.08. The van der Waals surface area contributed by atoms with Gasteiger partial charge >= 0.3 is 15.4 Å². The average Bonchev–Trinajstić information content (AvgIpc) is 2.44. The number of hydrogen-bond donors (Lipinski definition) is 4. The summed E-state index contributed by atoms with van der Waals surface area (Å²) >= 11 is 1.71. The van der Waals surface area contributed by atoms with Crippen molar-refractivity contribution < 1.29 is 20.1 Å². The Morgan fingerprint density at radius 2 is 1.09 bits per heavy atom. The van der Waals surface area contributed by atoms with Crippen molar-refractivity contribution in [3.8, 4) is 0 Å². The smallest absolute Gasteiger partial charge is 0.430 e. The molecule has 4 nitrogen and oxygen atoms in total. The van der Waals surface area contributed by atoms with Gasteiger partial charge in [0.15, 0.2) is 0 Å². The highest BCUT2D eigenvalue weighted by Gasteiger charge is 1.58. The molecule has 4 N–H and O–H groups in total. The van der Waals surface area contributed by atoms with Crippen molar-refractivity contribution in [1.29, 1.82) is 0 Å². The van der Waals surface area contributed by atoms with Crippen molar-refractivity contribution in [3.63, 3.8) is 0 Å². The van der Waals surface area contributed by atoms with E-state index in [0.717, 1.165) is 0 Å². The summed E-state index contributed by atoms with van der Waals surface area (Å²) in [5.74, 6) is 0. The monoisotopic (exact) mass is 176 g/mol. The predicted molar refractivity (Wildman–Crippen MR) is 47.5 cm³/mol. The zero-order valence-corrected chi connectivity index (χ0v) is 6.74. The molecule has 0 saturated carbocycles. The molecule has 1 aromatic heterocycles. The van der Waals surface area contributed by atoms with E-state index in [9.17, 15) is 0 Å². The molecule has 0 aliphatic carbocycles. The summed E-state index contributed by atoms with van der Waals surface area (Å²) < 4.78 is 0. The molecule has 1 heterocycles. The van der Waals surface area contributed by atoms with Crippen LogP contribution in [-0.2, 0) is 0 Å². The highest BCUT2D eigenvalue weighted by Crippen LogP contribution is 1.91. The first kappa shape index (κ1) is 13.3. The topological polar surface area (TPSA) is 80.9 Å². The van der Waals surface area contributed by atoms with Gasteiger partial charge in [0.2, 0.25) is 0 Å². The molecule has 0 fully saturated rings. The first-order valence-electron chi connectivity index (χ1n) is 2.74. The molecule has 1 rings (SSSR count). The second kappa shape index (κ2) is 16.3. The van der Waals surface area contributed by atoms with E-state index in [1.54, 1.807) is 11.3 Å². The molecular weight excluding hydrogens is 166 g/mol. The van der Waals surface area contributed by atoms with Gasteiger partial charge in [-0.15, -0.1) is 0 Å². The molecule has 0 atom stereocenters. The Morgan fingerprint density at radius 1 is 0.818 bits per heavy atom. The van der Waals surface area contributed by atoms with Crippen LogP contribution in [0.3, 0.4) is 0 Å². The van der Waals surface area contributed by atoms with Gasteiger partial charge in [0, 0.05) is 0 Å². The standard InChI is InChI=1S/C4H4S.2BH3O2/c1-2-4-5-3-1;2*2-1-3/h1-4H;2*1-3H. The lowest BCUT2D eigenvalue weighted by Crippen LogP contribution is -1.75. The lowest BCUT2D eigenvalue weighted by Gasteiger charge is -1.48. The highest BCUT2D eigenvalue weighted by atomic mass is 32.1. The third-order valence-electron chi connectivity index (χ3n) is 0.425.